The van der Waals surface area contributed by atoms with Gasteiger partial charge in [0.25, 0.3) is 5.89 Å². The van der Waals surface area contributed by atoms with Crippen molar-refractivity contribution in [2.75, 3.05) is 5.73 Å². The maximum atomic E-state index is 13.2. The number of rotatable bonds is 2. The molecule has 1 aromatic heterocycles. The second kappa shape index (κ2) is 4.77. The molecule has 0 spiro atoms. The van der Waals surface area contributed by atoms with Crippen molar-refractivity contribution < 1.29 is 8.91 Å². The van der Waals surface area contributed by atoms with Gasteiger partial charge in [0.2, 0.25) is 5.82 Å². The number of hydrogen-bond donors (Lipinski definition) is 1. The van der Waals surface area contributed by atoms with Crippen LogP contribution in [0.2, 0.25) is 0 Å². The molecular formula is C15H12FN3O. The Kier molecular flexibility index (Phi) is 2.95. The van der Waals surface area contributed by atoms with Gasteiger partial charge >= 0.3 is 0 Å². The molecule has 0 radical (unpaired) electrons. The van der Waals surface area contributed by atoms with Gasteiger partial charge in [-0.3, -0.25) is 0 Å². The molecule has 0 saturated heterocycles. The molecule has 0 saturated carbocycles. The van der Waals surface area contributed by atoms with Gasteiger partial charge in [0, 0.05) is 16.8 Å². The fourth-order valence-electron chi connectivity index (χ4n) is 2.00. The van der Waals surface area contributed by atoms with Crippen molar-refractivity contribution in [2.45, 2.75) is 6.92 Å². The van der Waals surface area contributed by atoms with E-state index in [1.807, 2.05) is 19.1 Å². The maximum Gasteiger partial charge on any atom is 0.258 e. The van der Waals surface area contributed by atoms with E-state index in [-0.39, 0.29) is 5.82 Å². The smallest absolute Gasteiger partial charge is 0.258 e. The SMILES string of the molecule is Cc1cc(N)ccc1-c1nc(-c2cccc(F)c2)no1. The highest BCUT2D eigenvalue weighted by molar-refractivity contribution is 5.64. The van der Waals surface area contributed by atoms with Crippen LogP contribution in [0.4, 0.5) is 10.1 Å². The minimum absolute atomic E-state index is 0.336. The van der Waals surface area contributed by atoms with Gasteiger partial charge < -0.3 is 10.3 Å². The number of aromatic nitrogens is 2. The molecule has 2 aromatic carbocycles. The summed E-state index contributed by atoms with van der Waals surface area (Å²) in [5.41, 5.74) is 8.72. The summed E-state index contributed by atoms with van der Waals surface area (Å²) >= 11 is 0. The van der Waals surface area contributed by atoms with E-state index in [1.165, 1.54) is 12.1 Å². The number of hydrogen-bond acceptors (Lipinski definition) is 4. The van der Waals surface area contributed by atoms with E-state index < -0.39 is 0 Å². The van der Waals surface area contributed by atoms with Crippen LogP contribution in [-0.2, 0) is 0 Å². The first-order chi connectivity index (χ1) is 9.63. The van der Waals surface area contributed by atoms with Crippen molar-refractivity contribution in [1.82, 2.24) is 10.1 Å². The monoisotopic (exact) mass is 269 g/mol. The van der Waals surface area contributed by atoms with Crippen molar-refractivity contribution >= 4 is 5.69 Å². The quantitative estimate of drug-likeness (QED) is 0.724. The zero-order valence-electron chi connectivity index (χ0n) is 10.8. The third-order valence-corrected chi connectivity index (χ3v) is 2.99. The average Bonchev–Trinajstić information content (AvgIpc) is 2.88. The van der Waals surface area contributed by atoms with Crippen molar-refractivity contribution in [2.24, 2.45) is 0 Å². The van der Waals surface area contributed by atoms with E-state index in [0.29, 0.717) is 23.0 Å². The summed E-state index contributed by atoms with van der Waals surface area (Å²) in [6, 6.07) is 11.5. The highest BCUT2D eigenvalue weighted by Gasteiger charge is 2.12. The number of nitrogens with two attached hydrogens (primary N) is 1. The second-order valence-electron chi connectivity index (χ2n) is 4.51. The van der Waals surface area contributed by atoms with Gasteiger partial charge in [0.05, 0.1) is 0 Å². The Labute approximate surface area is 115 Å². The van der Waals surface area contributed by atoms with Crippen LogP contribution in [0.25, 0.3) is 22.8 Å². The molecule has 0 fully saturated rings. The van der Waals surface area contributed by atoms with Crippen LogP contribution < -0.4 is 5.73 Å². The molecule has 3 aromatic rings. The fourth-order valence-corrected chi connectivity index (χ4v) is 2.00. The molecule has 5 heteroatoms. The summed E-state index contributed by atoms with van der Waals surface area (Å²) in [5, 5.41) is 3.88. The zero-order valence-corrected chi connectivity index (χ0v) is 10.8. The Morgan fingerprint density at radius 1 is 1.15 bits per heavy atom. The van der Waals surface area contributed by atoms with Gasteiger partial charge in [-0.2, -0.15) is 4.98 Å². The first-order valence-corrected chi connectivity index (χ1v) is 6.09. The minimum Gasteiger partial charge on any atom is -0.399 e. The minimum atomic E-state index is -0.336. The molecule has 1 heterocycles. The molecule has 20 heavy (non-hydrogen) atoms. The lowest BCUT2D eigenvalue weighted by molar-refractivity contribution is 0.432. The zero-order chi connectivity index (χ0) is 14.1. The van der Waals surface area contributed by atoms with E-state index in [2.05, 4.69) is 10.1 Å². The third-order valence-electron chi connectivity index (χ3n) is 2.99. The van der Waals surface area contributed by atoms with Crippen LogP contribution in [-0.4, -0.2) is 10.1 Å². The van der Waals surface area contributed by atoms with E-state index >= 15 is 0 Å². The van der Waals surface area contributed by atoms with Crippen molar-refractivity contribution in [3.8, 4) is 22.8 Å². The molecular weight excluding hydrogens is 257 g/mol. The van der Waals surface area contributed by atoms with Gasteiger partial charge in [0.15, 0.2) is 0 Å². The molecule has 0 amide bonds. The number of nitrogens with zero attached hydrogens (tertiary/aromatic N) is 2. The summed E-state index contributed by atoms with van der Waals surface area (Å²) in [7, 11) is 0. The summed E-state index contributed by atoms with van der Waals surface area (Å²) in [4.78, 5) is 4.30. The first-order valence-electron chi connectivity index (χ1n) is 6.09. The number of benzene rings is 2. The Balaban J connectivity index is 2.02. The normalized spacial score (nSPS) is 10.7. The number of halogens is 1. The van der Waals surface area contributed by atoms with E-state index in [1.54, 1.807) is 18.2 Å². The highest BCUT2D eigenvalue weighted by Crippen LogP contribution is 2.26. The molecule has 0 aliphatic rings. The lowest BCUT2D eigenvalue weighted by atomic mass is 10.1. The van der Waals surface area contributed by atoms with E-state index in [4.69, 9.17) is 10.3 Å². The van der Waals surface area contributed by atoms with Crippen molar-refractivity contribution in [3.63, 3.8) is 0 Å². The molecule has 2 N–H and O–H groups in total. The summed E-state index contributed by atoms with van der Waals surface area (Å²) < 4.78 is 18.4. The fraction of sp³-hybridized carbons (Fsp3) is 0.0667. The van der Waals surface area contributed by atoms with Crippen molar-refractivity contribution in [3.05, 3.63) is 53.8 Å². The molecule has 0 atom stereocenters. The summed E-state index contributed by atoms with van der Waals surface area (Å²) in [6.45, 7) is 1.91. The molecule has 0 aliphatic carbocycles. The molecule has 100 valence electrons. The van der Waals surface area contributed by atoms with Gasteiger partial charge in [-0.05, 0) is 42.8 Å². The molecule has 0 aliphatic heterocycles. The molecule has 0 bridgehead atoms. The van der Waals surface area contributed by atoms with Crippen LogP contribution in [0.3, 0.4) is 0 Å². The Hall–Kier alpha value is -2.69. The largest absolute Gasteiger partial charge is 0.399 e. The number of aryl methyl sites for hydroxylation is 1. The van der Waals surface area contributed by atoms with Crippen LogP contribution in [0.5, 0.6) is 0 Å². The van der Waals surface area contributed by atoms with Crippen LogP contribution >= 0.6 is 0 Å². The summed E-state index contributed by atoms with van der Waals surface area (Å²) in [6.07, 6.45) is 0. The standard InChI is InChI=1S/C15H12FN3O/c1-9-7-12(17)5-6-13(9)15-18-14(19-20-15)10-3-2-4-11(16)8-10/h2-8H,17H2,1H3. The van der Waals surface area contributed by atoms with E-state index in [9.17, 15) is 4.39 Å². The maximum absolute atomic E-state index is 13.2. The van der Waals surface area contributed by atoms with Crippen LogP contribution in [0.15, 0.2) is 47.0 Å². The predicted octanol–water partition coefficient (Wildman–Crippen LogP) is 3.43. The summed E-state index contributed by atoms with van der Waals surface area (Å²) in [5.74, 6) is 0.412. The van der Waals surface area contributed by atoms with Gasteiger partial charge in [-0.15, -0.1) is 0 Å². The van der Waals surface area contributed by atoms with Crippen molar-refractivity contribution in [1.29, 1.82) is 0 Å². The third kappa shape index (κ3) is 2.25. The van der Waals surface area contributed by atoms with Gasteiger partial charge in [-0.25, -0.2) is 4.39 Å². The Morgan fingerprint density at radius 2 is 2.00 bits per heavy atom. The Morgan fingerprint density at radius 3 is 2.75 bits per heavy atom. The number of anilines is 1. The highest BCUT2D eigenvalue weighted by atomic mass is 19.1. The molecule has 3 rings (SSSR count). The second-order valence-corrected chi connectivity index (χ2v) is 4.51. The number of nitrogen functional groups attached to an aromatic ring is 1. The predicted molar refractivity (Wildman–Crippen MR) is 74.3 cm³/mol. The molecule has 0 unspecified atom stereocenters. The Bertz CT molecular complexity index is 767. The topological polar surface area (TPSA) is 64.9 Å². The van der Waals surface area contributed by atoms with Gasteiger partial charge in [-0.1, -0.05) is 17.3 Å². The first kappa shape index (κ1) is 12.3. The lowest BCUT2D eigenvalue weighted by Gasteiger charge is -2.01. The van der Waals surface area contributed by atoms with Crippen LogP contribution in [0.1, 0.15) is 5.56 Å². The van der Waals surface area contributed by atoms with Crippen LogP contribution in [0, 0.1) is 12.7 Å². The molecule has 4 nitrogen and oxygen atoms in total. The van der Waals surface area contributed by atoms with Gasteiger partial charge in [0.1, 0.15) is 5.82 Å². The lowest BCUT2D eigenvalue weighted by Crippen LogP contribution is -1.89. The average molecular weight is 269 g/mol. The van der Waals surface area contributed by atoms with E-state index in [0.717, 1.165) is 11.1 Å².